The van der Waals surface area contributed by atoms with Gasteiger partial charge in [-0.1, -0.05) is 68.4 Å². The summed E-state index contributed by atoms with van der Waals surface area (Å²) in [6.45, 7) is 5.85. The Hall–Kier alpha value is -2.73. The van der Waals surface area contributed by atoms with Crippen LogP contribution in [-0.2, 0) is 0 Å². The number of aliphatic hydroxyl groups excluding tert-OH is 1. The zero-order valence-corrected chi connectivity index (χ0v) is 21.4. The first-order chi connectivity index (χ1) is 16.9. The maximum Gasteiger partial charge on any atom is 0.391 e. The van der Waals surface area contributed by atoms with E-state index in [9.17, 15) is 5.11 Å². The maximum absolute atomic E-state index is 10.2. The molecule has 0 spiro atoms. The third-order valence-corrected chi connectivity index (χ3v) is 6.13. The highest BCUT2D eigenvalue weighted by atomic mass is 31.2. The molecule has 3 rings (SSSR count). The summed E-state index contributed by atoms with van der Waals surface area (Å²) in [5, 5.41) is 10.2. The lowest BCUT2D eigenvalue weighted by Gasteiger charge is -2.19. The molecule has 0 amide bonds. The standard InChI is InChI=1S/C28H34NO5P/c1-4-27(21-9-7-6-8-10-21)28(23-13-17-26(18-14-23)34-35(31)32)22-11-15-25(16-12-22)33-20-24(30)19-29(3)5-2/h6-18,24,30-32H,4-5,19-20H2,1-3H3. The molecule has 0 bridgehead atoms. The molecule has 186 valence electrons. The second-order valence-electron chi connectivity index (χ2n) is 8.29. The molecule has 0 radical (unpaired) electrons. The van der Waals surface area contributed by atoms with E-state index in [0.717, 1.165) is 35.2 Å². The van der Waals surface area contributed by atoms with Gasteiger partial charge in [0, 0.05) is 6.54 Å². The molecule has 3 aromatic carbocycles. The number of aliphatic hydroxyl groups is 1. The Morgan fingerprint density at radius 3 is 1.91 bits per heavy atom. The number of nitrogens with zero attached hydrogens (tertiary/aromatic N) is 1. The predicted octanol–water partition coefficient (Wildman–Crippen LogP) is 5.34. The van der Waals surface area contributed by atoms with E-state index in [1.54, 1.807) is 12.1 Å². The largest absolute Gasteiger partial charge is 0.491 e. The van der Waals surface area contributed by atoms with Gasteiger partial charge in [-0.2, -0.15) is 0 Å². The lowest BCUT2D eigenvalue weighted by Crippen LogP contribution is -2.32. The van der Waals surface area contributed by atoms with Gasteiger partial charge in [-0.25, -0.2) is 0 Å². The van der Waals surface area contributed by atoms with Crippen LogP contribution in [0.4, 0.5) is 0 Å². The molecule has 3 N–H and O–H groups in total. The van der Waals surface area contributed by atoms with Crippen molar-refractivity contribution in [3.05, 3.63) is 95.6 Å². The van der Waals surface area contributed by atoms with E-state index >= 15 is 0 Å². The van der Waals surface area contributed by atoms with Gasteiger partial charge < -0.3 is 29.1 Å². The first-order valence-corrected chi connectivity index (χ1v) is 12.9. The molecule has 0 aliphatic carbocycles. The van der Waals surface area contributed by atoms with Crippen LogP contribution < -0.4 is 9.26 Å². The van der Waals surface area contributed by atoms with Crippen LogP contribution in [0.3, 0.4) is 0 Å². The van der Waals surface area contributed by atoms with E-state index in [1.165, 1.54) is 5.57 Å². The minimum Gasteiger partial charge on any atom is -0.491 e. The summed E-state index contributed by atoms with van der Waals surface area (Å²) in [7, 11) is -0.494. The van der Waals surface area contributed by atoms with Gasteiger partial charge in [0.15, 0.2) is 0 Å². The molecule has 0 aromatic heterocycles. The highest BCUT2D eigenvalue weighted by Crippen LogP contribution is 2.36. The first kappa shape index (κ1) is 26.9. The van der Waals surface area contributed by atoms with E-state index in [0.29, 0.717) is 18.0 Å². The first-order valence-electron chi connectivity index (χ1n) is 11.8. The lowest BCUT2D eigenvalue weighted by molar-refractivity contribution is 0.0779. The van der Waals surface area contributed by atoms with Crippen molar-refractivity contribution in [1.29, 1.82) is 0 Å². The average Bonchev–Trinajstić information content (AvgIpc) is 2.87. The number of hydrogen-bond acceptors (Lipinski definition) is 6. The van der Waals surface area contributed by atoms with E-state index < -0.39 is 14.7 Å². The third kappa shape index (κ3) is 7.89. The molecule has 0 aliphatic rings. The smallest absolute Gasteiger partial charge is 0.391 e. The van der Waals surface area contributed by atoms with Gasteiger partial charge in [0.05, 0.1) is 0 Å². The molecule has 0 fully saturated rings. The topological polar surface area (TPSA) is 82.4 Å². The molecule has 0 aliphatic heterocycles. The van der Waals surface area contributed by atoms with Crippen molar-refractivity contribution in [3.8, 4) is 11.5 Å². The van der Waals surface area contributed by atoms with Gasteiger partial charge in [-0.15, -0.1) is 0 Å². The SMILES string of the molecule is CCC(=C(c1ccc(OCC(O)CN(C)CC)cc1)c1ccc(OP(O)O)cc1)c1ccccc1. The number of benzene rings is 3. The molecular weight excluding hydrogens is 461 g/mol. The van der Waals surface area contributed by atoms with Crippen LogP contribution in [0.15, 0.2) is 78.9 Å². The number of ether oxygens (including phenoxy) is 1. The van der Waals surface area contributed by atoms with Gasteiger partial charge in [-0.05, 0) is 72.1 Å². The number of rotatable bonds is 12. The van der Waals surface area contributed by atoms with Gasteiger partial charge in [0.1, 0.15) is 24.2 Å². The highest BCUT2D eigenvalue weighted by Gasteiger charge is 2.14. The summed E-state index contributed by atoms with van der Waals surface area (Å²) in [4.78, 5) is 20.4. The number of allylic oxidation sites excluding steroid dienone is 1. The Morgan fingerprint density at radius 1 is 0.829 bits per heavy atom. The molecule has 6 nitrogen and oxygen atoms in total. The Bertz CT molecular complexity index is 1070. The Labute approximate surface area is 209 Å². The normalized spacial score (nSPS) is 13.0. The minimum absolute atomic E-state index is 0.232. The fourth-order valence-electron chi connectivity index (χ4n) is 3.91. The van der Waals surface area contributed by atoms with Crippen molar-refractivity contribution in [1.82, 2.24) is 4.90 Å². The fraction of sp³-hybridized carbons (Fsp3) is 0.286. The Balaban J connectivity index is 1.92. The maximum atomic E-state index is 10.2. The van der Waals surface area contributed by atoms with E-state index in [-0.39, 0.29) is 6.61 Å². The molecule has 3 aromatic rings. The van der Waals surface area contributed by atoms with E-state index in [2.05, 4.69) is 26.0 Å². The van der Waals surface area contributed by atoms with Crippen LogP contribution in [0.5, 0.6) is 11.5 Å². The third-order valence-electron chi connectivity index (χ3n) is 5.76. The summed E-state index contributed by atoms with van der Waals surface area (Å²) in [5.41, 5.74) is 5.44. The summed E-state index contributed by atoms with van der Waals surface area (Å²) in [6.07, 6.45) is 0.269. The molecule has 0 heterocycles. The molecule has 0 saturated carbocycles. The van der Waals surface area contributed by atoms with Crippen molar-refractivity contribution >= 4 is 19.7 Å². The second kappa shape index (κ2) is 13.4. The van der Waals surface area contributed by atoms with E-state index in [4.69, 9.17) is 19.0 Å². The molecular formula is C28H34NO5P. The number of likely N-dealkylation sites (N-methyl/N-ethyl adjacent to an activating group) is 1. The highest BCUT2D eigenvalue weighted by molar-refractivity contribution is 7.39. The van der Waals surface area contributed by atoms with Crippen LogP contribution >= 0.6 is 8.60 Å². The zero-order chi connectivity index (χ0) is 25.2. The molecule has 7 heteroatoms. The number of hydrogen-bond donors (Lipinski definition) is 3. The van der Waals surface area contributed by atoms with Gasteiger partial charge in [-0.3, -0.25) is 0 Å². The minimum atomic E-state index is -2.46. The predicted molar refractivity (Wildman–Crippen MR) is 142 cm³/mol. The quantitative estimate of drug-likeness (QED) is 0.233. The monoisotopic (exact) mass is 495 g/mol. The Morgan fingerprint density at radius 2 is 1.40 bits per heavy atom. The molecule has 35 heavy (non-hydrogen) atoms. The lowest BCUT2D eigenvalue weighted by atomic mass is 9.88. The van der Waals surface area contributed by atoms with Crippen molar-refractivity contribution in [2.24, 2.45) is 0 Å². The van der Waals surface area contributed by atoms with E-state index in [1.807, 2.05) is 66.5 Å². The molecule has 1 atom stereocenters. The Kier molecular flexibility index (Phi) is 10.3. The van der Waals surface area contributed by atoms with Crippen molar-refractivity contribution in [3.63, 3.8) is 0 Å². The second-order valence-corrected chi connectivity index (χ2v) is 8.97. The zero-order valence-electron chi connectivity index (χ0n) is 20.5. The summed E-state index contributed by atoms with van der Waals surface area (Å²) >= 11 is 0. The van der Waals surface area contributed by atoms with Crippen molar-refractivity contribution < 1.29 is 24.2 Å². The van der Waals surface area contributed by atoms with Crippen LogP contribution in [0.25, 0.3) is 11.1 Å². The summed E-state index contributed by atoms with van der Waals surface area (Å²) < 4.78 is 10.9. The molecule has 1 unspecified atom stereocenters. The van der Waals surface area contributed by atoms with Crippen molar-refractivity contribution in [2.45, 2.75) is 26.4 Å². The van der Waals surface area contributed by atoms with Gasteiger partial charge in [0.2, 0.25) is 0 Å². The van der Waals surface area contributed by atoms with Crippen LogP contribution in [-0.4, -0.2) is 52.6 Å². The summed E-state index contributed by atoms with van der Waals surface area (Å²) in [6, 6.07) is 25.5. The average molecular weight is 496 g/mol. The summed E-state index contributed by atoms with van der Waals surface area (Å²) in [5.74, 6) is 1.10. The van der Waals surface area contributed by atoms with Crippen molar-refractivity contribution in [2.75, 3.05) is 26.7 Å². The fourth-order valence-corrected chi connectivity index (χ4v) is 4.22. The molecule has 0 saturated heterocycles. The van der Waals surface area contributed by atoms with Crippen LogP contribution in [0, 0.1) is 0 Å². The van der Waals surface area contributed by atoms with Gasteiger partial charge >= 0.3 is 8.60 Å². The van der Waals surface area contributed by atoms with Crippen LogP contribution in [0.1, 0.15) is 37.0 Å². The van der Waals surface area contributed by atoms with Gasteiger partial charge in [0.25, 0.3) is 0 Å². The van der Waals surface area contributed by atoms with Crippen LogP contribution in [0.2, 0.25) is 0 Å².